The van der Waals surface area contributed by atoms with Gasteiger partial charge < -0.3 is 83.9 Å². The van der Waals surface area contributed by atoms with E-state index in [0.717, 1.165) is 32.8 Å². The highest BCUT2D eigenvalue weighted by atomic mass is 16.8. The molecule has 4 aliphatic heterocycles. The van der Waals surface area contributed by atoms with Gasteiger partial charge in [0.05, 0.1) is 32.0 Å². The van der Waals surface area contributed by atoms with Gasteiger partial charge in [0.1, 0.15) is 72.6 Å². The Balaban J connectivity index is 1.000. The van der Waals surface area contributed by atoms with Crippen molar-refractivity contribution in [3.8, 4) is 0 Å². The Hall–Kier alpha value is -1.92. The van der Waals surface area contributed by atoms with Crippen molar-refractivity contribution in [2.75, 3.05) is 13.7 Å². The first-order valence-electron chi connectivity index (χ1n) is 24.7. The molecule has 1 spiro atoms. The largest absolute Gasteiger partial charge is 0.467 e. The lowest BCUT2D eigenvalue weighted by atomic mass is 9.33. The quantitative estimate of drug-likeness (QED) is 0.0900. The molecule has 9 N–H and O–H groups in total. The third-order valence-corrected chi connectivity index (χ3v) is 19.7. The Morgan fingerprint density at radius 1 is 0.721 bits per heavy atom. The molecule has 9 aliphatic rings. The summed E-state index contributed by atoms with van der Waals surface area (Å²) < 4.78 is 48.2. The van der Waals surface area contributed by atoms with E-state index in [1.165, 1.54) is 12.5 Å². The van der Waals surface area contributed by atoms with Crippen LogP contribution in [0.5, 0.6) is 0 Å². The summed E-state index contributed by atoms with van der Waals surface area (Å²) in [5.74, 6) is -1.12. The van der Waals surface area contributed by atoms with Crippen LogP contribution in [0, 0.1) is 50.2 Å². The average molecular weight is 969 g/mol. The number of methoxy groups -OCH3 is 1. The predicted molar refractivity (Wildman–Crippen MR) is 233 cm³/mol. The number of hydrogen-bond acceptors (Lipinski definition) is 19. The minimum atomic E-state index is -1.92. The summed E-state index contributed by atoms with van der Waals surface area (Å²) in [5.41, 5.74) is -1.36. The lowest BCUT2D eigenvalue weighted by Gasteiger charge is -2.71. The van der Waals surface area contributed by atoms with Crippen molar-refractivity contribution in [1.29, 1.82) is 0 Å². The topological polar surface area (TPSA) is 290 Å². The zero-order valence-corrected chi connectivity index (χ0v) is 40.7. The number of rotatable bonds is 8. The Morgan fingerprint density at radius 3 is 2.03 bits per heavy atom. The molecular formula is C49H76O19. The second-order valence-electron chi connectivity index (χ2n) is 23.9. The number of carbonyl (C=O) groups is 2. The fourth-order valence-electron chi connectivity index (χ4n) is 15.8. The lowest BCUT2D eigenvalue weighted by Crippen LogP contribution is -2.68. The van der Waals surface area contributed by atoms with Crippen LogP contribution in [-0.2, 0) is 47.5 Å². The van der Waals surface area contributed by atoms with Crippen LogP contribution in [0.3, 0.4) is 0 Å². The summed E-state index contributed by atoms with van der Waals surface area (Å²) in [4.78, 5) is 27.1. The van der Waals surface area contributed by atoms with Crippen molar-refractivity contribution >= 4 is 11.9 Å². The van der Waals surface area contributed by atoms with Gasteiger partial charge >= 0.3 is 11.9 Å². The molecule has 0 aromatic rings. The lowest BCUT2D eigenvalue weighted by molar-refractivity contribution is -0.395. The number of aliphatic hydroxyl groups excluding tert-OH is 9. The van der Waals surface area contributed by atoms with E-state index >= 15 is 0 Å². The molecule has 0 aromatic heterocycles. The van der Waals surface area contributed by atoms with Gasteiger partial charge in [0.25, 0.3) is 0 Å². The number of aliphatic hydroxyl groups is 9. The maximum Gasteiger partial charge on any atom is 0.337 e. The molecule has 2 bridgehead atoms. The van der Waals surface area contributed by atoms with Crippen LogP contribution in [0.2, 0.25) is 0 Å². The van der Waals surface area contributed by atoms with Crippen LogP contribution in [0.4, 0.5) is 0 Å². The molecule has 5 aliphatic carbocycles. The first kappa shape index (κ1) is 51.0. The first-order chi connectivity index (χ1) is 31.7. The van der Waals surface area contributed by atoms with Crippen molar-refractivity contribution < 1.29 is 93.4 Å². The average Bonchev–Trinajstić information content (AvgIpc) is 3.60. The highest BCUT2D eigenvalue weighted by Crippen LogP contribution is 2.77. The number of esters is 2. The van der Waals surface area contributed by atoms with Crippen molar-refractivity contribution in [2.24, 2.45) is 50.2 Å². The Bertz CT molecular complexity index is 1960. The second-order valence-corrected chi connectivity index (χ2v) is 23.9. The molecule has 0 aromatic carbocycles. The number of carbonyl (C=O) groups excluding carboxylic acids is 2. The predicted octanol–water partition coefficient (Wildman–Crippen LogP) is 0.336. The van der Waals surface area contributed by atoms with Crippen molar-refractivity contribution in [3.05, 3.63) is 11.6 Å². The smallest absolute Gasteiger partial charge is 0.337 e. The molecule has 4 heterocycles. The van der Waals surface area contributed by atoms with E-state index in [0.29, 0.717) is 25.7 Å². The molecule has 4 saturated heterocycles. The molecule has 0 amide bonds. The number of ether oxygens (including phenoxy) is 8. The van der Waals surface area contributed by atoms with E-state index in [-0.39, 0.29) is 46.1 Å². The number of fused-ring (bicyclic) bond motifs is 8. The summed E-state index contributed by atoms with van der Waals surface area (Å²) in [6.07, 6.45) is -19.1. The van der Waals surface area contributed by atoms with E-state index in [1.54, 1.807) is 0 Å². The van der Waals surface area contributed by atoms with Crippen LogP contribution in [0.15, 0.2) is 11.6 Å². The molecule has 8 fully saturated rings. The van der Waals surface area contributed by atoms with Gasteiger partial charge in [0.2, 0.25) is 0 Å². The maximum absolute atomic E-state index is 14.0. The molecule has 386 valence electrons. The SMILES string of the molecule is COC(=O)[C@H]1O[C@@H](O[C@H]2CC[C@@]3(C)C(CC[C@]4(C)[C@@H]3CC=C3C5CC(C)(C)C[C@H](O)[C@]56C[C@@H](OC6=O)[C@]34C)C2(C)C)[C@H](O[C@@H]2O[C@H](CO)[C@@H](O)[C@H](O)[C@H]2O[C@@H]2O[C@@H](C)[C@H](O)[C@@H](O)[C@H]2O)[C@@H](O)[C@@H]1O. The summed E-state index contributed by atoms with van der Waals surface area (Å²) in [6, 6.07) is 0. The summed E-state index contributed by atoms with van der Waals surface area (Å²) in [7, 11) is 1.10. The van der Waals surface area contributed by atoms with Crippen LogP contribution in [-0.4, -0.2) is 182 Å². The highest BCUT2D eigenvalue weighted by molar-refractivity contribution is 5.83. The Kier molecular flexibility index (Phi) is 13.0. The van der Waals surface area contributed by atoms with E-state index in [9.17, 15) is 55.5 Å². The van der Waals surface area contributed by atoms with Gasteiger partial charge in [0, 0.05) is 11.8 Å². The van der Waals surface area contributed by atoms with E-state index in [2.05, 4.69) is 54.5 Å². The van der Waals surface area contributed by atoms with E-state index < -0.39 is 133 Å². The molecule has 4 saturated carbocycles. The summed E-state index contributed by atoms with van der Waals surface area (Å²) in [6.45, 7) is 16.3. The van der Waals surface area contributed by atoms with Crippen LogP contribution in [0.1, 0.15) is 107 Å². The number of allylic oxidation sites excluding steroid dienone is 1. The van der Waals surface area contributed by atoms with Crippen LogP contribution < -0.4 is 0 Å². The molecule has 19 nitrogen and oxygen atoms in total. The van der Waals surface area contributed by atoms with Gasteiger partial charge in [-0.2, -0.15) is 0 Å². The van der Waals surface area contributed by atoms with Gasteiger partial charge in [-0.05, 0) is 91.3 Å². The fraction of sp³-hybridized carbons (Fsp3) is 0.918. The standard InChI is InChI=1S/C49H76O19/c1-20-29(52)31(54)35(58)40(62-20)67-37-32(55)30(53)23(19-50)63-41(37)68-38-34(57)33(56)36(39(59)61-9)66-42(38)64-27-13-14-46(6)24(45(27,4)5)12-15-47(7)25(46)11-10-21-22-16-44(2,3)17-26(51)49(22)18-28(48(21,47)8)65-43(49)60/h10,20,22-38,40-42,50-58H,11-19H2,1-9H3/t20-,22?,23+,24?,25+,26-,27-,28+,29-,30+,31+,32-,33-,34-,35+,36-,37+,38+,40-,41-,42+,46-,47+,48-,49-/m0/s1. The van der Waals surface area contributed by atoms with Crippen molar-refractivity contribution in [1.82, 2.24) is 0 Å². The minimum absolute atomic E-state index is 0.0732. The maximum atomic E-state index is 14.0. The van der Waals surface area contributed by atoms with Crippen LogP contribution >= 0.6 is 0 Å². The molecule has 9 rings (SSSR count). The van der Waals surface area contributed by atoms with Crippen molar-refractivity contribution in [2.45, 2.75) is 217 Å². The van der Waals surface area contributed by atoms with Gasteiger partial charge in [-0.3, -0.25) is 4.79 Å². The van der Waals surface area contributed by atoms with Gasteiger partial charge in [-0.25, -0.2) is 4.79 Å². The third-order valence-electron chi connectivity index (χ3n) is 19.7. The fourth-order valence-corrected chi connectivity index (χ4v) is 15.8. The second kappa shape index (κ2) is 17.4. The number of hydrogen-bond donors (Lipinski definition) is 9. The minimum Gasteiger partial charge on any atom is -0.467 e. The first-order valence-corrected chi connectivity index (χ1v) is 24.7. The molecule has 2 unspecified atom stereocenters. The highest BCUT2D eigenvalue weighted by Gasteiger charge is 2.77. The monoisotopic (exact) mass is 968 g/mol. The zero-order valence-electron chi connectivity index (χ0n) is 40.7. The van der Waals surface area contributed by atoms with Gasteiger partial charge in [-0.1, -0.05) is 60.1 Å². The molecule has 25 atom stereocenters. The van der Waals surface area contributed by atoms with E-state index in [4.69, 9.17) is 37.9 Å². The molecular weight excluding hydrogens is 893 g/mol. The molecule has 68 heavy (non-hydrogen) atoms. The Morgan fingerprint density at radius 2 is 1.37 bits per heavy atom. The summed E-state index contributed by atoms with van der Waals surface area (Å²) in [5, 5.41) is 98.9. The van der Waals surface area contributed by atoms with Gasteiger partial charge in [0.15, 0.2) is 25.0 Å². The molecule has 19 heteroatoms. The third kappa shape index (κ3) is 7.29. The zero-order chi connectivity index (χ0) is 49.6. The normalized spacial score (nSPS) is 54.8. The summed E-state index contributed by atoms with van der Waals surface area (Å²) >= 11 is 0. The Labute approximate surface area is 397 Å². The molecule has 0 radical (unpaired) electrons. The van der Waals surface area contributed by atoms with E-state index in [1.807, 2.05) is 0 Å². The van der Waals surface area contributed by atoms with Crippen molar-refractivity contribution in [3.63, 3.8) is 0 Å². The van der Waals surface area contributed by atoms with Crippen LogP contribution in [0.25, 0.3) is 0 Å². The van der Waals surface area contributed by atoms with Gasteiger partial charge in [-0.15, -0.1) is 0 Å².